The first-order valence-electron chi connectivity index (χ1n) is 6.07. The van der Waals surface area contributed by atoms with Gasteiger partial charge in [0.2, 0.25) is 0 Å². The maximum absolute atomic E-state index is 12.3. The van der Waals surface area contributed by atoms with Crippen LogP contribution in [0.3, 0.4) is 0 Å². The first kappa shape index (κ1) is 11.2. The Hall–Kier alpha value is -1.93. The highest BCUT2D eigenvalue weighted by atomic mass is 16.6. The zero-order chi connectivity index (χ0) is 12.5. The van der Waals surface area contributed by atoms with Crippen LogP contribution in [0.2, 0.25) is 0 Å². The molecule has 3 rings (SSSR count). The molecule has 18 heavy (non-hydrogen) atoms. The van der Waals surface area contributed by atoms with Crippen molar-refractivity contribution in [1.82, 2.24) is 0 Å². The number of hydrogen-bond acceptors (Lipinski definition) is 2. The SMILES string of the molecule is Cc1ccccc1C(=O)[C@H]1O[C@H]1c1ccccc1. The lowest BCUT2D eigenvalue weighted by Crippen LogP contribution is -2.09. The molecule has 1 heterocycles. The standard InChI is InChI=1S/C16H14O2/c1-11-7-5-6-10-13(11)14(17)16-15(18-16)12-8-3-2-4-9-12/h2-10,15-16H,1H3/t15-,16+/m0/s1. The average molecular weight is 238 g/mol. The van der Waals surface area contributed by atoms with Crippen molar-refractivity contribution in [2.75, 3.05) is 0 Å². The average Bonchev–Trinajstić information content (AvgIpc) is 3.20. The summed E-state index contributed by atoms with van der Waals surface area (Å²) in [6.07, 6.45) is -0.383. The maximum Gasteiger partial charge on any atom is 0.194 e. The summed E-state index contributed by atoms with van der Waals surface area (Å²) in [5, 5.41) is 0. The predicted molar refractivity (Wildman–Crippen MR) is 69.6 cm³/mol. The van der Waals surface area contributed by atoms with Crippen LogP contribution in [0.5, 0.6) is 0 Å². The van der Waals surface area contributed by atoms with E-state index in [1.54, 1.807) is 0 Å². The number of ketones is 1. The maximum atomic E-state index is 12.3. The molecule has 2 aromatic rings. The van der Waals surface area contributed by atoms with Gasteiger partial charge in [-0.1, -0.05) is 54.6 Å². The molecule has 0 N–H and O–H groups in total. The van der Waals surface area contributed by atoms with Gasteiger partial charge in [0.15, 0.2) is 11.9 Å². The number of rotatable bonds is 3. The topological polar surface area (TPSA) is 29.6 Å². The molecular weight excluding hydrogens is 224 g/mol. The fourth-order valence-electron chi connectivity index (χ4n) is 2.21. The fourth-order valence-corrected chi connectivity index (χ4v) is 2.21. The van der Waals surface area contributed by atoms with E-state index in [0.29, 0.717) is 0 Å². The summed E-state index contributed by atoms with van der Waals surface area (Å²) < 4.78 is 5.52. The first-order chi connectivity index (χ1) is 8.77. The Labute approximate surface area is 106 Å². The van der Waals surface area contributed by atoms with Crippen LogP contribution in [0.4, 0.5) is 0 Å². The summed E-state index contributed by atoms with van der Waals surface area (Å²) in [4.78, 5) is 12.3. The van der Waals surface area contributed by atoms with Crippen LogP contribution >= 0.6 is 0 Å². The molecule has 0 amide bonds. The zero-order valence-electron chi connectivity index (χ0n) is 10.2. The van der Waals surface area contributed by atoms with Gasteiger partial charge >= 0.3 is 0 Å². The second-order valence-corrected chi connectivity index (χ2v) is 4.57. The smallest absolute Gasteiger partial charge is 0.194 e. The zero-order valence-corrected chi connectivity index (χ0v) is 10.2. The van der Waals surface area contributed by atoms with E-state index in [1.165, 1.54) is 0 Å². The number of carbonyl (C=O) groups is 1. The van der Waals surface area contributed by atoms with Gasteiger partial charge in [0.1, 0.15) is 6.10 Å². The van der Waals surface area contributed by atoms with E-state index in [9.17, 15) is 4.79 Å². The van der Waals surface area contributed by atoms with E-state index in [-0.39, 0.29) is 18.0 Å². The summed E-state index contributed by atoms with van der Waals surface area (Å²) in [6.45, 7) is 1.95. The number of benzene rings is 2. The molecule has 2 atom stereocenters. The molecule has 0 unspecified atom stereocenters. The molecule has 90 valence electrons. The monoisotopic (exact) mass is 238 g/mol. The molecule has 1 saturated heterocycles. The van der Waals surface area contributed by atoms with Gasteiger partial charge in [0, 0.05) is 5.56 Å². The molecule has 2 nitrogen and oxygen atoms in total. The van der Waals surface area contributed by atoms with Crippen molar-refractivity contribution in [2.24, 2.45) is 0 Å². The van der Waals surface area contributed by atoms with Gasteiger partial charge in [-0.25, -0.2) is 0 Å². The lowest BCUT2D eigenvalue weighted by Gasteiger charge is -2.01. The second-order valence-electron chi connectivity index (χ2n) is 4.57. The van der Waals surface area contributed by atoms with E-state index < -0.39 is 0 Å². The fraction of sp³-hybridized carbons (Fsp3) is 0.188. The van der Waals surface area contributed by atoms with E-state index in [1.807, 2.05) is 61.5 Å². The van der Waals surface area contributed by atoms with Crippen molar-refractivity contribution >= 4 is 5.78 Å². The number of aryl methyl sites for hydroxylation is 1. The molecule has 0 aromatic heterocycles. The van der Waals surface area contributed by atoms with Crippen LogP contribution in [0.1, 0.15) is 27.6 Å². The van der Waals surface area contributed by atoms with Gasteiger partial charge < -0.3 is 4.74 Å². The van der Waals surface area contributed by atoms with Gasteiger partial charge in [0.05, 0.1) is 0 Å². The van der Waals surface area contributed by atoms with Crippen molar-refractivity contribution in [2.45, 2.75) is 19.1 Å². The van der Waals surface area contributed by atoms with Gasteiger partial charge in [-0.05, 0) is 18.1 Å². The van der Waals surface area contributed by atoms with Gasteiger partial charge in [0.25, 0.3) is 0 Å². The third-order valence-corrected chi connectivity index (χ3v) is 3.29. The highest BCUT2D eigenvalue weighted by Gasteiger charge is 2.46. The Morgan fingerprint density at radius 3 is 2.39 bits per heavy atom. The van der Waals surface area contributed by atoms with Crippen molar-refractivity contribution < 1.29 is 9.53 Å². The minimum Gasteiger partial charge on any atom is -0.356 e. The Bertz CT molecular complexity index is 575. The lowest BCUT2D eigenvalue weighted by atomic mass is 9.99. The molecule has 1 aliphatic rings. The van der Waals surface area contributed by atoms with Gasteiger partial charge in [-0.15, -0.1) is 0 Å². The summed E-state index contributed by atoms with van der Waals surface area (Å²) in [6, 6.07) is 17.5. The molecule has 2 heteroatoms. The molecule has 2 aromatic carbocycles. The summed E-state index contributed by atoms with van der Waals surface area (Å²) in [5.41, 5.74) is 2.84. The summed E-state index contributed by atoms with van der Waals surface area (Å²) in [5.74, 6) is 0.0851. The van der Waals surface area contributed by atoms with E-state index in [4.69, 9.17) is 4.74 Å². The normalized spacial score (nSPS) is 21.6. The Kier molecular flexibility index (Phi) is 2.73. The van der Waals surface area contributed by atoms with Crippen LogP contribution in [0.25, 0.3) is 0 Å². The minimum atomic E-state index is -0.312. The molecule has 0 bridgehead atoms. The number of Topliss-reactive ketones (excluding diaryl/α,β-unsaturated/α-hetero) is 1. The predicted octanol–water partition coefficient (Wildman–Crippen LogP) is 3.32. The molecule has 1 fully saturated rings. The number of carbonyl (C=O) groups excluding carboxylic acids is 1. The van der Waals surface area contributed by atoms with Crippen LogP contribution in [0.15, 0.2) is 54.6 Å². The van der Waals surface area contributed by atoms with Crippen molar-refractivity contribution in [3.63, 3.8) is 0 Å². The third kappa shape index (κ3) is 1.95. The molecule has 0 saturated carbocycles. The summed E-state index contributed by atoms with van der Waals surface area (Å²) >= 11 is 0. The number of hydrogen-bond donors (Lipinski definition) is 0. The molecule has 0 radical (unpaired) electrons. The number of ether oxygens (including phenoxy) is 1. The molecular formula is C16H14O2. The highest BCUT2D eigenvalue weighted by Crippen LogP contribution is 2.40. The first-order valence-corrected chi connectivity index (χ1v) is 6.07. The largest absolute Gasteiger partial charge is 0.356 e. The van der Waals surface area contributed by atoms with Gasteiger partial charge in [-0.3, -0.25) is 4.79 Å². The van der Waals surface area contributed by atoms with Crippen LogP contribution in [-0.2, 0) is 4.74 Å². The molecule has 0 aliphatic carbocycles. The molecule has 0 spiro atoms. The van der Waals surface area contributed by atoms with Crippen LogP contribution in [0, 0.1) is 6.92 Å². The highest BCUT2D eigenvalue weighted by molar-refractivity contribution is 6.02. The Balaban J connectivity index is 1.80. The van der Waals surface area contributed by atoms with E-state index in [2.05, 4.69) is 0 Å². The van der Waals surface area contributed by atoms with Crippen LogP contribution < -0.4 is 0 Å². The summed E-state index contributed by atoms with van der Waals surface area (Å²) in [7, 11) is 0. The van der Waals surface area contributed by atoms with Crippen molar-refractivity contribution in [3.05, 3.63) is 71.3 Å². The Morgan fingerprint density at radius 1 is 1.00 bits per heavy atom. The minimum absolute atomic E-state index is 0.0710. The molecule has 1 aliphatic heterocycles. The van der Waals surface area contributed by atoms with Gasteiger partial charge in [-0.2, -0.15) is 0 Å². The second kappa shape index (κ2) is 4.39. The van der Waals surface area contributed by atoms with E-state index in [0.717, 1.165) is 16.7 Å². The number of epoxide rings is 1. The van der Waals surface area contributed by atoms with E-state index >= 15 is 0 Å². The van der Waals surface area contributed by atoms with Crippen molar-refractivity contribution in [1.29, 1.82) is 0 Å². The third-order valence-electron chi connectivity index (χ3n) is 3.29. The Morgan fingerprint density at radius 2 is 1.67 bits per heavy atom. The van der Waals surface area contributed by atoms with Crippen LogP contribution in [-0.4, -0.2) is 11.9 Å². The quantitative estimate of drug-likeness (QED) is 0.606. The van der Waals surface area contributed by atoms with Crippen molar-refractivity contribution in [3.8, 4) is 0 Å². The lowest BCUT2D eigenvalue weighted by molar-refractivity contribution is 0.0953.